The van der Waals surface area contributed by atoms with Crippen LogP contribution in [0.25, 0.3) is 61.0 Å². The minimum Gasteiger partial charge on any atom is -0.347 e. The highest BCUT2D eigenvalue weighted by atomic mass is 15.0. The van der Waals surface area contributed by atoms with E-state index in [4.69, 9.17) is 0 Å². The molecule has 7 rings (SSSR count). The van der Waals surface area contributed by atoms with Gasteiger partial charge >= 0.3 is 0 Å². The van der Waals surface area contributed by atoms with Gasteiger partial charge in [-0.1, -0.05) is 60.7 Å². The number of nitrogens with zero attached hydrogens (tertiary/aromatic N) is 2. The van der Waals surface area contributed by atoms with E-state index < -0.39 is 0 Å². The van der Waals surface area contributed by atoms with E-state index in [-0.39, 0.29) is 0 Å². The van der Waals surface area contributed by atoms with E-state index in [0.29, 0.717) is 0 Å². The van der Waals surface area contributed by atoms with Crippen molar-refractivity contribution in [3.63, 3.8) is 0 Å². The SMILES string of the molecule is Cn1c2c(c3cc(-c4ccc5c(c4)c4cc(-c6ccccc6)ccc4n5C)ccc31)C=CCC2. The Balaban J connectivity index is 1.43. The van der Waals surface area contributed by atoms with Crippen LogP contribution in [-0.4, -0.2) is 9.13 Å². The highest BCUT2D eigenvalue weighted by Gasteiger charge is 2.16. The van der Waals surface area contributed by atoms with E-state index in [9.17, 15) is 0 Å². The third kappa shape index (κ3) is 2.75. The summed E-state index contributed by atoms with van der Waals surface area (Å²) < 4.78 is 4.68. The van der Waals surface area contributed by atoms with Crippen LogP contribution < -0.4 is 0 Å². The summed E-state index contributed by atoms with van der Waals surface area (Å²) >= 11 is 0. The fourth-order valence-corrected chi connectivity index (χ4v) is 5.82. The second-order valence-electron chi connectivity index (χ2n) is 9.48. The maximum atomic E-state index is 2.38. The molecule has 2 heterocycles. The number of allylic oxidation sites excluding steroid dienone is 1. The number of fused-ring (bicyclic) bond motifs is 6. The molecule has 0 fully saturated rings. The Morgan fingerprint density at radius 2 is 1.12 bits per heavy atom. The zero-order chi connectivity index (χ0) is 22.8. The molecule has 1 aliphatic rings. The minimum absolute atomic E-state index is 1.12. The van der Waals surface area contributed by atoms with Crippen LogP contribution in [0.3, 0.4) is 0 Å². The summed E-state index contributed by atoms with van der Waals surface area (Å²) in [6.45, 7) is 0. The zero-order valence-electron chi connectivity index (χ0n) is 19.5. The third-order valence-electron chi connectivity index (χ3n) is 7.64. The molecular weight excluding hydrogens is 412 g/mol. The molecule has 6 aromatic rings. The third-order valence-corrected chi connectivity index (χ3v) is 7.64. The first-order valence-electron chi connectivity index (χ1n) is 12.0. The van der Waals surface area contributed by atoms with E-state index in [1.54, 1.807) is 0 Å². The van der Waals surface area contributed by atoms with Gasteiger partial charge in [0.1, 0.15) is 0 Å². The number of hydrogen-bond acceptors (Lipinski definition) is 0. The van der Waals surface area contributed by atoms with Crippen LogP contribution in [0.5, 0.6) is 0 Å². The number of aryl methyl sites for hydroxylation is 2. The summed E-state index contributed by atoms with van der Waals surface area (Å²) in [6.07, 6.45) is 6.87. The van der Waals surface area contributed by atoms with Crippen molar-refractivity contribution in [1.82, 2.24) is 9.13 Å². The molecule has 2 aromatic heterocycles. The lowest BCUT2D eigenvalue weighted by atomic mass is 9.97. The molecule has 0 unspecified atom stereocenters. The Morgan fingerprint density at radius 1 is 0.559 bits per heavy atom. The predicted octanol–water partition coefficient (Wildman–Crippen LogP) is 8.12. The van der Waals surface area contributed by atoms with Gasteiger partial charge in [-0.25, -0.2) is 0 Å². The Morgan fingerprint density at radius 3 is 1.76 bits per heavy atom. The molecule has 0 bridgehead atoms. The molecule has 2 heteroatoms. The summed E-state index contributed by atoms with van der Waals surface area (Å²) in [7, 11) is 4.37. The molecule has 0 saturated carbocycles. The van der Waals surface area contributed by atoms with Gasteiger partial charge in [-0.15, -0.1) is 0 Å². The highest BCUT2D eigenvalue weighted by molar-refractivity contribution is 6.10. The second-order valence-corrected chi connectivity index (χ2v) is 9.48. The molecule has 4 aromatic carbocycles. The summed E-state index contributed by atoms with van der Waals surface area (Å²) in [6, 6.07) is 31.3. The van der Waals surface area contributed by atoms with E-state index in [1.165, 1.54) is 66.2 Å². The Kier molecular flexibility index (Phi) is 4.13. The monoisotopic (exact) mass is 438 g/mol. The van der Waals surface area contributed by atoms with Gasteiger partial charge in [0.25, 0.3) is 0 Å². The predicted molar refractivity (Wildman–Crippen MR) is 145 cm³/mol. The van der Waals surface area contributed by atoms with Crippen molar-refractivity contribution in [3.8, 4) is 22.3 Å². The van der Waals surface area contributed by atoms with E-state index >= 15 is 0 Å². The number of benzene rings is 4. The Labute approximate surface area is 199 Å². The minimum atomic E-state index is 1.12. The van der Waals surface area contributed by atoms with Gasteiger partial charge < -0.3 is 9.13 Å². The fourth-order valence-electron chi connectivity index (χ4n) is 5.82. The van der Waals surface area contributed by atoms with Crippen molar-refractivity contribution in [1.29, 1.82) is 0 Å². The van der Waals surface area contributed by atoms with Gasteiger partial charge in [0.15, 0.2) is 0 Å². The van der Waals surface area contributed by atoms with Crippen molar-refractivity contribution in [2.24, 2.45) is 14.1 Å². The highest BCUT2D eigenvalue weighted by Crippen LogP contribution is 2.37. The molecule has 1 aliphatic carbocycles. The van der Waals surface area contributed by atoms with E-state index in [1.807, 2.05) is 0 Å². The Bertz CT molecular complexity index is 1760. The number of hydrogen-bond donors (Lipinski definition) is 0. The number of rotatable bonds is 2. The number of aromatic nitrogens is 2. The average Bonchev–Trinajstić information content (AvgIpc) is 3.35. The van der Waals surface area contributed by atoms with Gasteiger partial charge in [0.2, 0.25) is 0 Å². The van der Waals surface area contributed by atoms with Crippen molar-refractivity contribution in [2.45, 2.75) is 12.8 Å². The maximum absolute atomic E-state index is 2.38. The van der Waals surface area contributed by atoms with Gasteiger partial charge in [0.05, 0.1) is 0 Å². The smallest absolute Gasteiger partial charge is 0.0489 e. The largest absolute Gasteiger partial charge is 0.347 e. The molecule has 0 radical (unpaired) electrons. The van der Waals surface area contributed by atoms with Gasteiger partial charge in [-0.05, 0) is 71.5 Å². The maximum Gasteiger partial charge on any atom is 0.0489 e. The first-order valence-corrected chi connectivity index (χ1v) is 12.0. The van der Waals surface area contributed by atoms with Gasteiger partial charge in [-0.3, -0.25) is 0 Å². The summed E-state index contributed by atoms with van der Waals surface area (Å²) in [4.78, 5) is 0. The van der Waals surface area contributed by atoms with Crippen LogP contribution in [0.2, 0.25) is 0 Å². The van der Waals surface area contributed by atoms with Crippen molar-refractivity contribution in [3.05, 3.63) is 102 Å². The lowest BCUT2D eigenvalue weighted by Gasteiger charge is -2.07. The molecular formula is C32H26N2. The lowest BCUT2D eigenvalue weighted by molar-refractivity contribution is 0.824. The fraction of sp³-hybridized carbons (Fsp3) is 0.125. The van der Waals surface area contributed by atoms with Crippen LogP contribution in [0.4, 0.5) is 0 Å². The van der Waals surface area contributed by atoms with E-state index in [2.05, 4.69) is 120 Å². The topological polar surface area (TPSA) is 9.86 Å². The standard InChI is InChI=1S/C32H26N2/c1-33-29-11-7-6-10-25(29)26-19-23(13-16-30(26)33)24-14-17-32-28(20-24)27-18-22(12-15-31(27)34(32)2)21-8-4-3-5-9-21/h3-6,8-10,12-20H,7,11H2,1-2H3. The van der Waals surface area contributed by atoms with Crippen LogP contribution in [0, 0.1) is 0 Å². The van der Waals surface area contributed by atoms with Gasteiger partial charge in [0, 0.05) is 58.1 Å². The zero-order valence-corrected chi connectivity index (χ0v) is 19.5. The normalized spacial score (nSPS) is 13.2. The summed E-state index contributed by atoms with van der Waals surface area (Å²) in [5.74, 6) is 0. The molecule has 0 spiro atoms. The van der Waals surface area contributed by atoms with Crippen molar-refractivity contribution < 1.29 is 0 Å². The molecule has 0 N–H and O–H groups in total. The first kappa shape index (κ1) is 19.4. The lowest BCUT2D eigenvalue weighted by Crippen LogP contribution is -1.99. The van der Waals surface area contributed by atoms with Crippen LogP contribution >= 0.6 is 0 Å². The van der Waals surface area contributed by atoms with Crippen LogP contribution in [0.15, 0.2) is 91.0 Å². The molecule has 0 atom stereocenters. The van der Waals surface area contributed by atoms with Crippen LogP contribution in [-0.2, 0) is 20.5 Å². The van der Waals surface area contributed by atoms with Crippen molar-refractivity contribution >= 4 is 38.8 Å². The Hall–Kier alpha value is -4.04. The molecule has 2 nitrogen and oxygen atoms in total. The molecule has 0 amide bonds. The molecule has 0 aliphatic heterocycles. The second kappa shape index (κ2) is 7.23. The van der Waals surface area contributed by atoms with Gasteiger partial charge in [-0.2, -0.15) is 0 Å². The first-order chi connectivity index (χ1) is 16.7. The quantitative estimate of drug-likeness (QED) is 0.258. The average molecular weight is 439 g/mol. The molecule has 164 valence electrons. The van der Waals surface area contributed by atoms with E-state index in [0.717, 1.165) is 12.8 Å². The summed E-state index contributed by atoms with van der Waals surface area (Å²) in [5.41, 5.74) is 11.8. The van der Waals surface area contributed by atoms with Crippen LogP contribution in [0.1, 0.15) is 17.7 Å². The van der Waals surface area contributed by atoms with Crippen molar-refractivity contribution in [2.75, 3.05) is 0 Å². The molecule has 34 heavy (non-hydrogen) atoms. The molecule has 0 saturated heterocycles. The summed E-state index contributed by atoms with van der Waals surface area (Å²) in [5, 5.41) is 3.97.